The number of nitrogens with zero attached hydrogens (tertiary/aromatic N) is 3. The lowest BCUT2D eigenvalue weighted by Crippen LogP contribution is -2.55. The van der Waals surface area contributed by atoms with Gasteiger partial charge in [0.15, 0.2) is 0 Å². The van der Waals surface area contributed by atoms with Crippen LogP contribution in [0.1, 0.15) is 17.5 Å². The number of carbonyl (C=O) groups is 1. The minimum absolute atomic E-state index is 0.0460. The van der Waals surface area contributed by atoms with Crippen molar-refractivity contribution in [2.24, 2.45) is 0 Å². The van der Waals surface area contributed by atoms with Crippen molar-refractivity contribution in [3.63, 3.8) is 0 Å². The molecule has 1 aliphatic rings. The molecule has 4 aromatic carbocycles. The molecule has 0 aliphatic carbocycles. The van der Waals surface area contributed by atoms with Crippen LogP contribution in [0.15, 0.2) is 106 Å². The Hall–Kier alpha value is -3.27. The monoisotopic (exact) mass is 673 g/mol. The highest BCUT2D eigenvalue weighted by molar-refractivity contribution is 8.04. The SMILES string of the molecule is Cc1ccc(S(=O)(=O)N(N(C)C(=O)[C@@H]2C[C@@H](S)CN2S(=O)(=O)c2ccc3ccccc3c2)S(=O)(=O)c2ccc(C)cc2)cc1. The van der Waals surface area contributed by atoms with Gasteiger partial charge in [-0.3, -0.25) is 4.79 Å². The maximum atomic E-state index is 14.1. The largest absolute Gasteiger partial charge is 0.274 e. The summed E-state index contributed by atoms with van der Waals surface area (Å²) in [6.45, 7) is 3.34. The highest BCUT2D eigenvalue weighted by Crippen LogP contribution is 2.33. The number of hydrazine groups is 1. The summed E-state index contributed by atoms with van der Waals surface area (Å²) in [7, 11) is -13.0. The van der Waals surface area contributed by atoms with Gasteiger partial charge in [0.2, 0.25) is 10.0 Å². The standard InChI is InChI=1S/C30H31N3O7S4/c1-21-8-13-26(14-9-21)43(37,38)33(44(39,40)27-15-10-22(2)11-16-27)31(3)30(34)29-19-25(41)20-32(29)42(35,36)28-17-12-23-6-4-5-7-24(23)18-28/h4-18,25,29,41H,19-20H2,1-3H3/t25-,29+/m1/s1. The van der Waals surface area contributed by atoms with E-state index in [1.807, 2.05) is 12.1 Å². The number of amides is 1. The van der Waals surface area contributed by atoms with Gasteiger partial charge in [-0.2, -0.15) is 16.9 Å². The number of aryl methyl sites for hydroxylation is 2. The quantitative estimate of drug-likeness (QED) is 0.221. The Balaban J connectivity index is 1.58. The molecular formula is C30H31N3O7S4. The average Bonchev–Trinajstić information content (AvgIpc) is 3.39. The Labute approximate surface area is 263 Å². The van der Waals surface area contributed by atoms with Crippen molar-refractivity contribution in [1.82, 2.24) is 13.1 Å². The van der Waals surface area contributed by atoms with E-state index in [0.717, 1.165) is 27.9 Å². The van der Waals surface area contributed by atoms with Crippen LogP contribution in [0, 0.1) is 13.8 Å². The third-order valence-electron chi connectivity index (χ3n) is 7.46. The van der Waals surface area contributed by atoms with Crippen LogP contribution < -0.4 is 0 Å². The second-order valence-electron chi connectivity index (χ2n) is 10.7. The van der Waals surface area contributed by atoms with Crippen LogP contribution in [0.3, 0.4) is 0 Å². The number of likely N-dealkylation sites (N-methyl/N-ethyl adjacent to an activating group) is 1. The third kappa shape index (κ3) is 5.89. The number of carbonyl (C=O) groups excluding carboxylic acids is 1. The molecule has 0 unspecified atom stereocenters. The number of hydrogen-bond donors (Lipinski definition) is 1. The van der Waals surface area contributed by atoms with Crippen molar-refractivity contribution < 1.29 is 30.0 Å². The fraction of sp³-hybridized carbons (Fsp3) is 0.233. The first-order valence-corrected chi connectivity index (χ1v) is 18.4. The summed E-state index contributed by atoms with van der Waals surface area (Å²) in [6.07, 6.45) is -0.0674. The van der Waals surface area contributed by atoms with Crippen LogP contribution in [-0.2, 0) is 34.9 Å². The zero-order valence-electron chi connectivity index (χ0n) is 24.1. The molecule has 1 heterocycles. The number of fused-ring (bicyclic) bond motifs is 1. The van der Waals surface area contributed by atoms with Crippen molar-refractivity contribution in [1.29, 1.82) is 0 Å². The van der Waals surface area contributed by atoms with Crippen LogP contribution in [0.5, 0.6) is 0 Å². The van der Waals surface area contributed by atoms with Crippen LogP contribution in [0.4, 0.5) is 0 Å². The van der Waals surface area contributed by atoms with Crippen molar-refractivity contribution in [3.05, 3.63) is 102 Å². The van der Waals surface area contributed by atoms with Gasteiger partial charge in [-0.05, 0) is 67.4 Å². The number of rotatable bonds is 8. The lowest BCUT2D eigenvalue weighted by atomic mass is 10.1. The molecule has 1 fully saturated rings. The first-order valence-electron chi connectivity index (χ1n) is 13.5. The normalized spacial score (nSPS) is 18.1. The summed E-state index contributed by atoms with van der Waals surface area (Å²) in [5.74, 6) is -1.04. The Morgan fingerprint density at radius 1 is 0.727 bits per heavy atom. The van der Waals surface area contributed by atoms with Crippen LogP contribution in [0.25, 0.3) is 10.8 Å². The molecule has 0 aromatic heterocycles. The molecule has 1 aliphatic heterocycles. The predicted molar refractivity (Wildman–Crippen MR) is 170 cm³/mol. The molecule has 0 saturated carbocycles. The maximum absolute atomic E-state index is 14.1. The van der Waals surface area contributed by atoms with Crippen molar-refractivity contribution in [2.45, 2.75) is 46.2 Å². The first-order chi connectivity index (χ1) is 20.6. The lowest BCUT2D eigenvalue weighted by Gasteiger charge is -2.33. The molecule has 232 valence electrons. The molecule has 1 saturated heterocycles. The smallest absolute Gasteiger partial charge is 0.272 e. The maximum Gasteiger partial charge on any atom is 0.274 e. The summed E-state index contributed by atoms with van der Waals surface area (Å²) in [5, 5.41) is 1.41. The number of sulfonamides is 3. The van der Waals surface area contributed by atoms with Gasteiger partial charge >= 0.3 is 0 Å². The molecule has 14 heteroatoms. The van der Waals surface area contributed by atoms with E-state index in [2.05, 4.69) is 12.6 Å². The number of hydrogen-bond acceptors (Lipinski definition) is 8. The van der Waals surface area contributed by atoms with Crippen molar-refractivity contribution in [3.8, 4) is 0 Å². The first kappa shape index (κ1) is 32.1. The van der Waals surface area contributed by atoms with Gasteiger partial charge < -0.3 is 0 Å². The van der Waals surface area contributed by atoms with Gasteiger partial charge in [0.1, 0.15) is 6.04 Å². The van der Waals surface area contributed by atoms with Gasteiger partial charge in [0, 0.05) is 22.7 Å². The van der Waals surface area contributed by atoms with E-state index < -0.39 is 47.3 Å². The second-order valence-corrected chi connectivity index (χ2v) is 17.1. The van der Waals surface area contributed by atoms with E-state index >= 15 is 0 Å². The molecule has 2 atom stereocenters. The van der Waals surface area contributed by atoms with E-state index in [1.54, 1.807) is 32.0 Å². The molecule has 44 heavy (non-hydrogen) atoms. The van der Waals surface area contributed by atoms with Crippen LogP contribution in [-0.4, -0.2) is 69.2 Å². The number of thiol groups is 1. The molecule has 0 spiro atoms. The summed E-state index contributed by atoms with van der Waals surface area (Å²) in [5.41, 5.74) is 1.48. The molecule has 4 aromatic rings. The number of benzene rings is 4. The Morgan fingerprint density at radius 2 is 1.20 bits per heavy atom. The van der Waals surface area contributed by atoms with E-state index in [9.17, 15) is 30.0 Å². The van der Waals surface area contributed by atoms with E-state index in [0.29, 0.717) is 10.4 Å². The molecular weight excluding hydrogens is 643 g/mol. The van der Waals surface area contributed by atoms with Gasteiger partial charge in [-0.15, -0.1) is 0 Å². The summed E-state index contributed by atoms with van der Waals surface area (Å²) < 4.78 is 84.8. The highest BCUT2D eigenvalue weighted by atomic mass is 32.3. The van der Waals surface area contributed by atoms with E-state index in [-0.39, 0.29) is 31.5 Å². The third-order valence-corrected chi connectivity index (χ3v) is 13.9. The zero-order chi connectivity index (χ0) is 32.0. The Kier molecular flexibility index (Phi) is 8.70. The molecule has 5 rings (SSSR count). The molecule has 0 N–H and O–H groups in total. The van der Waals surface area contributed by atoms with Crippen LogP contribution in [0.2, 0.25) is 0 Å². The Morgan fingerprint density at radius 3 is 1.73 bits per heavy atom. The van der Waals surface area contributed by atoms with E-state index in [1.165, 1.54) is 60.7 Å². The summed E-state index contributed by atoms with van der Waals surface area (Å²) in [6, 6.07) is 21.4. The van der Waals surface area contributed by atoms with Crippen molar-refractivity contribution >= 4 is 59.4 Å². The molecule has 0 bridgehead atoms. The molecule has 1 amide bonds. The molecule has 10 nitrogen and oxygen atoms in total. The fourth-order valence-corrected chi connectivity index (χ4v) is 10.9. The highest BCUT2D eigenvalue weighted by Gasteiger charge is 2.49. The fourth-order valence-electron chi connectivity index (χ4n) is 5.09. The minimum atomic E-state index is -4.89. The molecule has 0 radical (unpaired) electrons. The predicted octanol–water partition coefficient (Wildman–Crippen LogP) is 3.97. The second kappa shape index (κ2) is 11.9. The van der Waals surface area contributed by atoms with Gasteiger partial charge in [-0.25, -0.2) is 30.3 Å². The topological polar surface area (TPSA) is 129 Å². The average molecular weight is 674 g/mol. The van der Waals surface area contributed by atoms with Gasteiger partial charge in [-0.1, -0.05) is 65.7 Å². The van der Waals surface area contributed by atoms with Crippen LogP contribution >= 0.6 is 12.6 Å². The Bertz CT molecular complexity index is 1970. The minimum Gasteiger partial charge on any atom is -0.272 e. The van der Waals surface area contributed by atoms with Gasteiger partial charge in [0.25, 0.3) is 26.0 Å². The lowest BCUT2D eigenvalue weighted by molar-refractivity contribution is -0.138. The summed E-state index contributed by atoms with van der Waals surface area (Å²) >= 11 is 4.45. The summed E-state index contributed by atoms with van der Waals surface area (Å²) in [4.78, 5) is 13.3. The zero-order valence-corrected chi connectivity index (χ0v) is 27.4. The van der Waals surface area contributed by atoms with Gasteiger partial charge in [0.05, 0.1) is 14.7 Å². The van der Waals surface area contributed by atoms with Crippen molar-refractivity contribution in [2.75, 3.05) is 13.6 Å². The van der Waals surface area contributed by atoms with E-state index in [4.69, 9.17) is 0 Å².